The third-order valence-electron chi connectivity index (χ3n) is 3.91. The molecule has 0 unspecified atom stereocenters. The number of benzene rings is 2. The molecule has 8 heteroatoms. The Hall–Kier alpha value is -2.61. The first-order valence-electron chi connectivity index (χ1n) is 7.58. The van der Waals surface area contributed by atoms with Crippen molar-refractivity contribution in [2.24, 2.45) is 0 Å². The molecule has 0 saturated carbocycles. The number of non-ortho nitro benzene ring substituents is 1. The monoisotopic (exact) mass is 347 g/mol. The highest BCUT2D eigenvalue weighted by atomic mass is 32.2. The van der Waals surface area contributed by atoms with E-state index in [0.29, 0.717) is 5.69 Å². The van der Waals surface area contributed by atoms with Crippen molar-refractivity contribution in [3.63, 3.8) is 0 Å². The molecule has 1 heterocycles. The Morgan fingerprint density at radius 3 is 2.46 bits per heavy atom. The van der Waals surface area contributed by atoms with Crippen LogP contribution in [0.1, 0.15) is 12.8 Å². The zero-order valence-corrected chi connectivity index (χ0v) is 13.7. The number of nitrogens with zero attached hydrogens (tertiary/aromatic N) is 2. The van der Waals surface area contributed by atoms with Gasteiger partial charge < -0.3 is 4.90 Å². The van der Waals surface area contributed by atoms with Crippen molar-refractivity contribution in [3.8, 4) is 0 Å². The van der Waals surface area contributed by atoms with Gasteiger partial charge in [-0.25, -0.2) is 8.42 Å². The molecule has 24 heavy (non-hydrogen) atoms. The Kier molecular flexibility index (Phi) is 4.39. The second-order valence-corrected chi connectivity index (χ2v) is 7.29. The maximum atomic E-state index is 12.5. The van der Waals surface area contributed by atoms with Gasteiger partial charge in [-0.1, -0.05) is 12.1 Å². The van der Waals surface area contributed by atoms with Crippen molar-refractivity contribution < 1.29 is 13.3 Å². The lowest BCUT2D eigenvalue weighted by atomic mass is 10.2. The molecule has 2 aromatic rings. The normalized spacial score (nSPS) is 14.6. The van der Waals surface area contributed by atoms with Crippen LogP contribution in [0.3, 0.4) is 0 Å². The summed E-state index contributed by atoms with van der Waals surface area (Å²) >= 11 is 0. The lowest BCUT2D eigenvalue weighted by Gasteiger charge is -2.18. The predicted octanol–water partition coefficient (Wildman–Crippen LogP) is 3.00. The van der Waals surface area contributed by atoms with E-state index < -0.39 is 14.9 Å². The number of hydrogen-bond donors (Lipinski definition) is 1. The summed E-state index contributed by atoms with van der Waals surface area (Å²) in [5.41, 5.74) is 1.14. The third kappa shape index (κ3) is 3.48. The number of hydrogen-bond acceptors (Lipinski definition) is 5. The minimum Gasteiger partial charge on any atom is -0.371 e. The molecule has 0 amide bonds. The van der Waals surface area contributed by atoms with Gasteiger partial charge in [0.15, 0.2) is 0 Å². The predicted molar refractivity (Wildman–Crippen MR) is 91.8 cm³/mol. The van der Waals surface area contributed by atoms with Crippen LogP contribution in [-0.4, -0.2) is 26.4 Å². The molecule has 0 radical (unpaired) electrons. The van der Waals surface area contributed by atoms with E-state index in [9.17, 15) is 18.5 Å². The van der Waals surface area contributed by atoms with Gasteiger partial charge in [0.2, 0.25) is 0 Å². The Labute approximate surface area is 140 Å². The molecule has 1 aliphatic heterocycles. The van der Waals surface area contributed by atoms with Crippen LogP contribution in [0.15, 0.2) is 53.4 Å². The quantitative estimate of drug-likeness (QED) is 0.663. The lowest BCUT2D eigenvalue weighted by Crippen LogP contribution is -2.18. The first-order chi connectivity index (χ1) is 11.5. The van der Waals surface area contributed by atoms with E-state index in [1.165, 1.54) is 18.2 Å². The fourth-order valence-electron chi connectivity index (χ4n) is 2.72. The number of nitro groups is 1. The first kappa shape index (κ1) is 16.3. The van der Waals surface area contributed by atoms with Gasteiger partial charge in [-0.15, -0.1) is 0 Å². The molecule has 0 atom stereocenters. The van der Waals surface area contributed by atoms with Crippen molar-refractivity contribution >= 4 is 27.1 Å². The van der Waals surface area contributed by atoms with Crippen LogP contribution in [0.4, 0.5) is 17.1 Å². The van der Waals surface area contributed by atoms with E-state index in [0.717, 1.165) is 37.7 Å². The van der Waals surface area contributed by atoms with Crippen LogP contribution in [0.5, 0.6) is 0 Å². The van der Waals surface area contributed by atoms with Crippen molar-refractivity contribution in [3.05, 3.63) is 58.6 Å². The fourth-order valence-corrected chi connectivity index (χ4v) is 3.81. The molecular weight excluding hydrogens is 330 g/mol. The molecular formula is C16H17N3O4S. The fraction of sp³-hybridized carbons (Fsp3) is 0.250. The maximum Gasteiger partial charge on any atom is 0.270 e. The molecule has 0 aliphatic carbocycles. The zero-order valence-electron chi connectivity index (χ0n) is 12.9. The number of anilines is 2. The summed E-state index contributed by atoms with van der Waals surface area (Å²) in [6, 6.07) is 12.2. The number of nitro benzene ring substituents is 1. The average Bonchev–Trinajstić information content (AvgIpc) is 3.09. The highest BCUT2D eigenvalue weighted by Gasteiger charge is 2.19. The molecule has 1 saturated heterocycles. The van der Waals surface area contributed by atoms with Gasteiger partial charge in [0.1, 0.15) is 0 Å². The van der Waals surface area contributed by atoms with Crippen LogP contribution < -0.4 is 9.62 Å². The van der Waals surface area contributed by atoms with Gasteiger partial charge in [-0.05, 0) is 37.1 Å². The summed E-state index contributed by atoms with van der Waals surface area (Å²) in [6.45, 7) is 1.92. The molecule has 1 aliphatic rings. The minimum atomic E-state index is -3.88. The summed E-state index contributed by atoms with van der Waals surface area (Å²) in [7, 11) is -3.88. The first-order valence-corrected chi connectivity index (χ1v) is 9.06. The third-order valence-corrected chi connectivity index (χ3v) is 5.29. The van der Waals surface area contributed by atoms with Gasteiger partial charge in [-0.3, -0.25) is 14.8 Å². The highest BCUT2D eigenvalue weighted by molar-refractivity contribution is 7.92. The number of rotatable bonds is 5. The summed E-state index contributed by atoms with van der Waals surface area (Å²) in [6.07, 6.45) is 2.26. The van der Waals surface area contributed by atoms with Crippen LogP contribution in [0.2, 0.25) is 0 Å². The van der Waals surface area contributed by atoms with Crippen LogP contribution >= 0.6 is 0 Å². The molecule has 0 spiro atoms. The zero-order chi connectivity index (χ0) is 17.2. The van der Waals surface area contributed by atoms with E-state index in [1.807, 2.05) is 6.07 Å². The van der Waals surface area contributed by atoms with Gasteiger partial charge >= 0.3 is 0 Å². The van der Waals surface area contributed by atoms with Crippen LogP contribution in [-0.2, 0) is 10.0 Å². The molecule has 126 valence electrons. The molecule has 3 rings (SSSR count). The number of sulfonamides is 1. The van der Waals surface area contributed by atoms with E-state index in [-0.39, 0.29) is 10.6 Å². The van der Waals surface area contributed by atoms with E-state index in [1.54, 1.807) is 18.2 Å². The standard InChI is InChI=1S/C16H17N3O4S/c20-19(21)15-7-4-8-16(12-15)24(22,23)17-13-5-3-6-14(11-13)18-9-1-2-10-18/h3-8,11-12,17H,1-2,9-10H2. The average molecular weight is 347 g/mol. The number of nitrogens with one attached hydrogen (secondary N) is 1. The lowest BCUT2D eigenvalue weighted by molar-refractivity contribution is -0.385. The molecule has 0 bridgehead atoms. The maximum absolute atomic E-state index is 12.5. The van der Waals surface area contributed by atoms with Crippen molar-refractivity contribution in [2.45, 2.75) is 17.7 Å². The van der Waals surface area contributed by atoms with E-state index in [2.05, 4.69) is 9.62 Å². The van der Waals surface area contributed by atoms with Gasteiger partial charge in [-0.2, -0.15) is 0 Å². The highest BCUT2D eigenvalue weighted by Crippen LogP contribution is 2.25. The molecule has 1 fully saturated rings. The second-order valence-electron chi connectivity index (χ2n) is 5.60. The topological polar surface area (TPSA) is 92.5 Å². The largest absolute Gasteiger partial charge is 0.371 e. The Balaban J connectivity index is 1.85. The van der Waals surface area contributed by atoms with Crippen molar-refractivity contribution in [1.82, 2.24) is 0 Å². The van der Waals surface area contributed by atoms with Gasteiger partial charge in [0, 0.05) is 30.9 Å². The summed E-state index contributed by atoms with van der Waals surface area (Å²) in [5, 5.41) is 10.8. The molecule has 1 N–H and O–H groups in total. The van der Waals surface area contributed by atoms with Crippen LogP contribution in [0.25, 0.3) is 0 Å². The Morgan fingerprint density at radius 1 is 1.04 bits per heavy atom. The SMILES string of the molecule is O=[N+]([O-])c1cccc(S(=O)(=O)Nc2cccc(N3CCCC3)c2)c1. The molecule has 2 aromatic carbocycles. The summed E-state index contributed by atoms with van der Waals surface area (Å²) in [4.78, 5) is 12.3. The summed E-state index contributed by atoms with van der Waals surface area (Å²) < 4.78 is 27.4. The summed E-state index contributed by atoms with van der Waals surface area (Å²) in [5.74, 6) is 0. The molecule has 7 nitrogen and oxygen atoms in total. The molecule has 0 aromatic heterocycles. The second kappa shape index (κ2) is 6.48. The van der Waals surface area contributed by atoms with E-state index >= 15 is 0 Å². The van der Waals surface area contributed by atoms with Crippen LogP contribution in [0, 0.1) is 10.1 Å². The van der Waals surface area contributed by atoms with Gasteiger partial charge in [0.25, 0.3) is 15.7 Å². The smallest absolute Gasteiger partial charge is 0.270 e. The minimum absolute atomic E-state index is 0.136. The van der Waals surface area contributed by atoms with E-state index in [4.69, 9.17) is 0 Å². The Morgan fingerprint density at radius 2 is 1.75 bits per heavy atom. The van der Waals surface area contributed by atoms with Crippen molar-refractivity contribution in [2.75, 3.05) is 22.7 Å². The van der Waals surface area contributed by atoms with Crippen molar-refractivity contribution in [1.29, 1.82) is 0 Å². The Bertz CT molecular complexity index is 861. The van der Waals surface area contributed by atoms with Gasteiger partial charge in [0.05, 0.1) is 15.5 Å².